The Balaban J connectivity index is 1.83. The SMILES string of the molecule is O=C(O)CCC(=O)NCCCCCOCC1CCC=CO1. The Kier molecular flexibility index (Phi) is 9.28. The summed E-state index contributed by atoms with van der Waals surface area (Å²) in [4.78, 5) is 21.5. The second kappa shape index (κ2) is 11.1. The molecule has 1 aliphatic heterocycles. The van der Waals surface area contributed by atoms with E-state index in [9.17, 15) is 9.59 Å². The van der Waals surface area contributed by atoms with Gasteiger partial charge in [-0.2, -0.15) is 0 Å². The van der Waals surface area contributed by atoms with Gasteiger partial charge >= 0.3 is 5.97 Å². The lowest BCUT2D eigenvalue weighted by Gasteiger charge is -2.19. The minimum absolute atomic E-state index is 0.0499. The minimum Gasteiger partial charge on any atom is -0.496 e. The Morgan fingerprint density at radius 1 is 1.29 bits per heavy atom. The van der Waals surface area contributed by atoms with Crippen LogP contribution in [0, 0.1) is 0 Å². The maximum Gasteiger partial charge on any atom is 0.303 e. The first-order valence-corrected chi connectivity index (χ1v) is 7.55. The number of aliphatic carboxylic acids is 1. The van der Waals surface area contributed by atoms with Crippen molar-refractivity contribution in [2.75, 3.05) is 19.8 Å². The number of allylic oxidation sites excluding steroid dienone is 1. The Morgan fingerprint density at radius 2 is 2.14 bits per heavy atom. The summed E-state index contributed by atoms with van der Waals surface area (Å²) in [6, 6.07) is 0. The summed E-state index contributed by atoms with van der Waals surface area (Å²) in [5.74, 6) is -1.14. The van der Waals surface area contributed by atoms with Crippen LogP contribution in [0.5, 0.6) is 0 Å². The molecule has 1 rings (SSSR count). The summed E-state index contributed by atoms with van der Waals surface area (Å²) in [6.07, 6.45) is 8.75. The van der Waals surface area contributed by atoms with Gasteiger partial charge in [0.2, 0.25) is 5.91 Å². The molecule has 2 N–H and O–H groups in total. The number of carbonyl (C=O) groups excluding carboxylic acids is 1. The van der Waals surface area contributed by atoms with Crippen molar-refractivity contribution < 1.29 is 24.2 Å². The van der Waals surface area contributed by atoms with Crippen LogP contribution in [-0.2, 0) is 19.1 Å². The first-order chi connectivity index (χ1) is 10.2. The second-order valence-electron chi connectivity index (χ2n) is 5.09. The van der Waals surface area contributed by atoms with E-state index in [1.165, 1.54) is 0 Å². The third-order valence-electron chi connectivity index (χ3n) is 3.18. The van der Waals surface area contributed by atoms with Gasteiger partial charge in [-0.25, -0.2) is 0 Å². The molecule has 6 nitrogen and oxygen atoms in total. The average Bonchev–Trinajstić information content (AvgIpc) is 2.49. The molecule has 1 aliphatic rings. The Hall–Kier alpha value is -1.56. The predicted molar refractivity (Wildman–Crippen MR) is 77.8 cm³/mol. The molecular weight excluding hydrogens is 274 g/mol. The normalized spacial score (nSPS) is 17.2. The van der Waals surface area contributed by atoms with Gasteiger partial charge in [0.15, 0.2) is 0 Å². The third-order valence-corrected chi connectivity index (χ3v) is 3.18. The third kappa shape index (κ3) is 9.90. The highest BCUT2D eigenvalue weighted by Gasteiger charge is 2.10. The number of rotatable bonds is 11. The largest absolute Gasteiger partial charge is 0.496 e. The number of unbranched alkanes of at least 4 members (excludes halogenated alkanes) is 2. The Bertz CT molecular complexity index is 343. The fourth-order valence-electron chi connectivity index (χ4n) is 1.96. The van der Waals surface area contributed by atoms with E-state index in [4.69, 9.17) is 14.6 Å². The molecule has 1 unspecified atom stereocenters. The number of carboxylic acid groups (broad SMARTS) is 1. The molecule has 0 bridgehead atoms. The molecule has 120 valence electrons. The first kappa shape index (κ1) is 17.5. The molecule has 1 heterocycles. The number of hydrogen-bond donors (Lipinski definition) is 2. The van der Waals surface area contributed by atoms with Crippen LogP contribution in [0.2, 0.25) is 0 Å². The molecule has 1 atom stereocenters. The van der Waals surface area contributed by atoms with Crippen molar-refractivity contribution in [3.63, 3.8) is 0 Å². The lowest BCUT2D eigenvalue weighted by molar-refractivity contribution is -0.138. The van der Waals surface area contributed by atoms with E-state index < -0.39 is 5.97 Å². The zero-order valence-corrected chi connectivity index (χ0v) is 12.4. The van der Waals surface area contributed by atoms with E-state index in [-0.39, 0.29) is 24.9 Å². The number of nitrogens with one attached hydrogen (secondary N) is 1. The van der Waals surface area contributed by atoms with Gasteiger partial charge in [-0.1, -0.05) is 0 Å². The van der Waals surface area contributed by atoms with Gasteiger partial charge in [-0.3, -0.25) is 9.59 Å². The van der Waals surface area contributed by atoms with Crippen LogP contribution in [0.4, 0.5) is 0 Å². The number of hydrogen-bond acceptors (Lipinski definition) is 4. The average molecular weight is 299 g/mol. The summed E-state index contributed by atoms with van der Waals surface area (Å²) in [5, 5.41) is 11.2. The van der Waals surface area contributed by atoms with Crippen LogP contribution in [-0.4, -0.2) is 42.8 Å². The van der Waals surface area contributed by atoms with Crippen LogP contribution >= 0.6 is 0 Å². The number of carbonyl (C=O) groups is 2. The van der Waals surface area contributed by atoms with Crippen molar-refractivity contribution in [1.82, 2.24) is 5.32 Å². The zero-order valence-electron chi connectivity index (χ0n) is 12.4. The number of carboxylic acids is 1. The quantitative estimate of drug-likeness (QED) is 0.569. The van der Waals surface area contributed by atoms with Gasteiger partial charge in [0.1, 0.15) is 6.10 Å². The maximum absolute atomic E-state index is 11.2. The van der Waals surface area contributed by atoms with Crippen molar-refractivity contribution in [1.29, 1.82) is 0 Å². The van der Waals surface area contributed by atoms with Gasteiger partial charge in [0.05, 0.1) is 19.3 Å². The molecule has 0 aliphatic carbocycles. The number of amides is 1. The molecular formula is C15H25NO5. The first-order valence-electron chi connectivity index (χ1n) is 7.55. The summed E-state index contributed by atoms with van der Waals surface area (Å²) in [7, 11) is 0. The van der Waals surface area contributed by atoms with Crippen LogP contribution < -0.4 is 5.32 Å². The van der Waals surface area contributed by atoms with Crippen LogP contribution in [0.15, 0.2) is 12.3 Å². The summed E-state index contributed by atoms with van der Waals surface area (Å²) < 4.78 is 10.9. The van der Waals surface area contributed by atoms with Crippen molar-refractivity contribution >= 4 is 11.9 Å². The molecule has 0 aromatic rings. The molecule has 0 saturated carbocycles. The highest BCUT2D eigenvalue weighted by molar-refractivity contribution is 5.80. The molecule has 0 radical (unpaired) electrons. The highest BCUT2D eigenvalue weighted by Crippen LogP contribution is 2.10. The molecule has 0 spiro atoms. The zero-order chi connectivity index (χ0) is 15.3. The van der Waals surface area contributed by atoms with Gasteiger partial charge in [0, 0.05) is 19.6 Å². The highest BCUT2D eigenvalue weighted by atomic mass is 16.5. The van der Waals surface area contributed by atoms with Gasteiger partial charge in [-0.05, 0) is 38.2 Å². The van der Waals surface area contributed by atoms with E-state index >= 15 is 0 Å². The predicted octanol–water partition coefficient (Wildman–Crippen LogP) is 1.85. The molecule has 0 saturated heterocycles. The Morgan fingerprint density at radius 3 is 2.86 bits per heavy atom. The summed E-state index contributed by atoms with van der Waals surface area (Å²) >= 11 is 0. The second-order valence-corrected chi connectivity index (χ2v) is 5.09. The van der Waals surface area contributed by atoms with Crippen LogP contribution in [0.25, 0.3) is 0 Å². The van der Waals surface area contributed by atoms with Crippen LogP contribution in [0.3, 0.4) is 0 Å². The molecule has 21 heavy (non-hydrogen) atoms. The minimum atomic E-state index is -0.945. The van der Waals surface area contributed by atoms with Crippen molar-refractivity contribution in [3.05, 3.63) is 12.3 Å². The summed E-state index contributed by atoms with van der Waals surface area (Å²) in [6.45, 7) is 1.93. The van der Waals surface area contributed by atoms with Gasteiger partial charge in [0.25, 0.3) is 0 Å². The summed E-state index contributed by atoms with van der Waals surface area (Å²) in [5.41, 5.74) is 0. The molecule has 0 fully saturated rings. The van der Waals surface area contributed by atoms with E-state index in [1.54, 1.807) is 6.26 Å². The van der Waals surface area contributed by atoms with Crippen LogP contribution in [0.1, 0.15) is 44.9 Å². The monoisotopic (exact) mass is 299 g/mol. The fraction of sp³-hybridized carbons (Fsp3) is 0.733. The molecule has 6 heteroatoms. The maximum atomic E-state index is 11.2. The van der Waals surface area contributed by atoms with Crippen molar-refractivity contribution in [2.45, 2.75) is 51.0 Å². The van der Waals surface area contributed by atoms with E-state index in [0.29, 0.717) is 19.8 Å². The van der Waals surface area contributed by atoms with E-state index in [2.05, 4.69) is 5.32 Å². The smallest absolute Gasteiger partial charge is 0.303 e. The van der Waals surface area contributed by atoms with Crippen molar-refractivity contribution in [3.8, 4) is 0 Å². The topological polar surface area (TPSA) is 84.9 Å². The lowest BCUT2D eigenvalue weighted by atomic mass is 10.2. The fourth-order valence-corrected chi connectivity index (χ4v) is 1.96. The van der Waals surface area contributed by atoms with Crippen molar-refractivity contribution in [2.24, 2.45) is 0 Å². The standard InChI is InChI=1S/C15H25NO5/c17-14(7-8-15(18)19)16-9-3-1-4-10-20-12-13-6-2-5-11-21-13/h5,11,13H,1-4,6-10,12H2,(H,16,17)(H,18,19). The number of ether oxygens (including phenoxy) is 2. The van der Waals surface area contributed by atoms with E-state index in [1.807, 2.05) is 6.08 Å². The van der Waals surface area contributed by atoms with Gasteiger partial charge in [-0.15, -0.1) is 0 Å². The molecule has 1 amide bonds. The molecule has 0 aromatic carbocycles. The van der Waals surface area contributed by atoms with Gasteiger partial charge < -0.3 is 19.9 Å². The van der Waals surface area contributed by atoms with E-state index in [0.717, 1.165) is 32.1 Å². The molecule has 0 aromatic heterocycles. The lowest BCUT2D eigenvalue weighted by Crippen LogP contribution is -2.24. The Labute approximate surface area is 125 Å².